The lowest BCUT2D eigenvalue weighted by Gasteiger charge is -2.13. The minimum Gasteiger partial charge on any atom is -0.473 e. The first kappa shape index (κ1) is 17.3. The Bertz CT molecular complexity index is 950. The maximum absolute atomic E-state index is 12.7. The van der Waals surface area contributed by atoms with Gasteiger partial charge in [0.25, 0.3) is 5.91 Å². The maximum atomic E-state index is 12.7. The number of aryl methyl sites for hydroxylation is 3. The van der Waals surface area contributed by atoms with Crippen molar-refractivity contribution in [2.75, 3.05) is 5.32 Å². The summed E-state index contributed by atoms with van der Waals surface area (Å²) >= 11 is 1.37. The van der Waals surface area contributed by atoms with E-state index in [0.717, 1.165) is 16.8 Å². The highest BCUT2D eigenvalue weighted by molar-refractivity contribution is 7.13. The molecule has 0 aliphatic carbocycles. The highest BCUT2D eigenvalue weighted by atomic mass is 32.1. The van der Waals surface area contributed by atoms with Gasteiger partial charge in [0.15, 0.2) is 10.8 Å². The van der Waals surface area contributed by atoms with E-state index in [1.165, 1.54) is 11.3 Å². The van der Waals surface area contributed by atoms with Gasteiger partial charge in [-0.3, -0.25) is 10.1 Å². The number of thiazole rings is 1. The fraction of sp³-hybridized carbons (Fsp3) is 0.333. The molecule has 2 heterocycles. The summed E-state index contributed by atoms with van der Waals surface area (Å²) in [5, 5.41) is 5.17. The van der Waals surface area contributed by atoms with Crippen molar-refractivity contribution in [2.24, 2.45) is 0 Å². The molecule has 130 valence electrons. The molecule has 1 N–H and O–H groups in total. The molecular weight excluding hydrogens is 336 g/mol. The van der Waals surface area contributed by atoms with Gasteiger partial charge >= 0.3 is 0 Å². The van der Waals surface area contributed by atoms with Gasteiger partial charge in [0.2, 0.25) is 5.88 Å². The lowest BCUT2D eigenvalue weighted by Crippen LogP contribution is -2.18. The standard InChI is InChI=1S/C18H20N4O2S/c1-9(2)24-17-15(16(23)22-18-19-12(5)8-25-18)20-13-6-10(3)11(4)7-14(13)21-17/h6-9H,1-5H3,(H,19,22,23). The van der Waals surface area contributed by atoms with Crippen LogP contribution in [0.1, 0.15) is 41.2 Å². The zero-order valence-electron chi connectivity index (χ0n) is 14.9. The van der Waals surface area contributed by atoms with Gasteiger partial charge in [0.05, 0.1) is 22.8 Å². The summed E-state index contributed by atoms with van der Waals surface area (Å²) in [4.78, 5) is 26.0. The molecule has 2 aromatic heterocycles. The predicted molar refractivity (Wildman–Crippen MR) is 99.6 cm³/mol. The first-order chi connectivity index (χ1) is 11.8. The summed E-state index contributed by atoms with van der Waals surface area (Å²) in [7, 11) is 0. The summed E-state index contributed by atoms with van der Waals surface area (Å²) in [6, 6.07) is 3.89. The Morgan fingerprint density at radius 1 is 1.08 bits per heavy atom. The van der Waals surface area contributed by atoms with Crippen LogP contribution in [-0.4, -0.2) is 27.0 Å². The number of fused-ring (bicyclic) bond motifs is 1. The zero-order chi connectivity index (χ0) is 18.1. The van der Waals surface area contributed by atoms with E-state index in [-0.39, 0.29) is 23.6 Å². The lowest BCUT2D eigenvalue weighted by atomic mass is 10.1. The van der Waals surface area contributed by atoms with E-state index < -0.39 is 0 Å². The molecule has 0 bridgehead atoms. The number of carbonyl (C=O) groups is 1. The molecule has 0 radical (unpaired) electrons. The summed E-state index contributed by atoms with van der Waals surface area (Å²) in [6.07, 6.45) is -0.119. The number of anilines is 1. The Morgan fingerprint density at radius 3 is 2.28 bits per heavy atom. The monoisotopic (exact) mass is 356 g/mol. The highest BCUT2D eigenvalue weighted by Crippen LogP contribution is 2.24. The third-order valence-corrected chi connectivity index (χ3v) is 4.53. The third kappa shape index (κ3) is 3.76. The molecular formula is C18H20N4O2S. The van der Waals surface area contributed by atoms with Crippen LogP contribution < -0.4 is 10.1 Å². The van der Waals surface area contributed by atoms with Crippen LogP contribution in [0.25, 0.3) is 11.0 Å². The molecule has 1 aromatic carbocycles. The molecule has 3 aromatic rings. The second-order valence-electron chi connectivity index (χ2n) is 6.22. The molecule has 25 heavy (non-hydrogen) atoms. The quantitative estimate of drug-likeness (QED) is 0.763. The second kappa shape index (κ2) is 6.76. The Balaban J connectivity index is 2.06. The number of rotatable bonds is 4. The Labute approximate surface area is 150 Å². The average Bonchev–Trinajstić information content (AvgIpc) is 2.92. The summed E-state index contributed by atoms with van der Waals surface area (Å²) in [5.41, 5.74) is 4.61. The van der Waals surface area contributed by atoms with Crippen molar-refractivity contribution < 1.29 is 9.53 Å². The van der Waals surface area contributed by atoms with E-state index in [1.54, 1.807) is 0 Å². The number of nitrogens with one attached hydrogen (secondary N) is 1. The number of carbonyl (C=O) groups excluding carboxylic acids is 1. The van der Waals surface area contributed by atoms with Crippen LogP contribution in [0.3, 0.4) is 0 Å². The van der Waals surface area contributed by atoms with E-state index in [4.69, 9.17) is 4.74 Å². The molecule has 1 amide bonds. The normalized spacial score (nSPS) is 11.1. The minimum absolute atomic E-state index is 0.119. The number of nitrogens with zero attached hydrogens (tertiary/aromatic N) is 3. The van der Waals surface area contributed by atoms with Crippen LogP contribution in [0.2, 0.25) is 0 Å². The van der Waals surface area contributed by atoms with Gasteiger partial charge < -0.3 is 4.74 Å². The predicted octanol–water partition coefficient (Wildman–Crippen LogP) is 4.05. The van der Waals surface area contributed by atoms with Gasteiger partial charge in [-0.15, -0.1) is 11.3 Å². The summed E-state index contributed by atoms with van der Waals surface area (Å²) < 4.78 is 5.74. The van der Waals surface area contributed by atoms with Crippen molar-refractivity contribution in [2.45, 2.75) is 40.7 Å². The fourth-order valence-corrected chi connectivity index (χ4v) is 3.00. The Hall–Kier alpha value is -2.54. The van der Waals surface area contributed by atoms with E-state index in [0.29, 0.717) is 16.2 Å². The largest absolute Gasteiger partial charge is 0.473 e. The fourth-order valence-electron chi connectivity index (χ4n) is 2.32. The van der Waals surface area contributed by atoms with E-state index >= 15 is 0 Å². The average molecular weight is 356 g/mol. The molecule has 6 nitrogen and oxygen atoms in total. The molecule has 0 aliphatic heterocycles. The summed E-state index contributed by atoms with van der Waals surface area (Å²) in [6.45, 7) is 9.68. The topological polar surface area (TPSA) is 77.0 Å². The number of aromatic nitrogens is 3. The van der Waals surface area contributed by atoms with Gasteiger partial charge in [-0.05, 0) is 57.9 Å². The van der Waals surface area contributed by atoms with Crippen LogP contribution >= 0.6 is 11.3 Å². The molecule has 0 saturated heterocycles. The van der Waals surface area contributed by atoms with Gasteiger partial charge in [-0.25, -0.2) is 15.0 Å². The van der Waals surface area contributed by atoms with E-state index in [2.05, 4.69) is 20.3 Å². The van der Waals surface area contributed by atoms with Crippen LogP contribution in [0.15, 0.2) is 17.5 Å². The number of benzene rings is 1. The first-order valence-electron chi connectivity index (χ1n) is 8.02. The van der Waals surface area contributed by atoms with Crippen molar-refractivity contribution in [3.63, 3.8) is 0 Å². The summed E-state index contributed by atoms with van der Waals surface area (Å²) in [5.74, 6) is -0.144. The smallest absolute Gasteiger partial charge is 0.281 e. The SMILES string of the molecule is Cc1csc(NC(=O)c2nc3cc(C)c(C)cc3nc2OC(C)C)n1. The van der Waals surface area contributed by atoms with Gasteiger partial charge in [-0.2, -0.15) is 0 Å². The molecule has 0 spiro atoms. The van der Waals surface area contributed by atoms with Gasteiger partial charge in [-0.1, -0.05) is 0 Å². The molecule has 0 fully saturated rings. The maximum Gasteiger partial charge on any atom is 0.281 e. The van der Waals surface area contributed by atoms with Crippen LogP contribution in [0.5, 0.6) is 5.88 Å². The molecule has 7 heteroatoms. The Kier molecular flexibility index (Phi) is 4.67. The van der Waals surface area contributed by atoms with Crippen molar-refractivity contribution in [3.8, 4) is 5.88 Å². The number of ether oxygens (including phenoxy) is 1. The van der Waals surface area contributed by atoms with E-state index in [9.17, 15) is 4.79 Å². The first-order valence-corrected chi connectivity index (χ1v) is 8.90. The van der Waals surface area contributed by atoms with Crippen molar-refractivity contribution in [3.05, 3.63) is 40.0 Å². The van der Waals surface area contributed by atoms with Gasteiger partial charge in [0.1, 0.15) is 0 Å². The molecule has 0 unspecified atom stereocenters. The zero-order valence-corrected chi connectivity index (χ0v) is 15.7. The highest BCUT2D eigenvalue weighted by Gasteiger charge is 2.20. The number of hydrogen-bond acceptors (Lipinski definition) is 6. The molecule has 3 rings (SSSR count). The van der Waals surface area contributed by atoms with Crippen LogP contribution in [0, 0.1) is 20.8 Å². The van der Waals surface area contributed by atoms with Crippen molar-refractivity contribution >= 4 is 33.4 Å². The minimum atomic E-state index is -0.377. The van der Waals surface area contributed by atoms with Gasteiger partial charge in [0, 0.05) is 5.38 Å². The van der Waals surface area contributed by atoms with Crippen molar-refractivity contribution in [1.82, 2.24) is 15.0 Å². The molecule has 0 saturated carbocycles. The second-order valence-corrected chi connectivity index (χ2v) is 7.08. The lowest BCUT2D eigenvalue weighted by molar-refractivity contribution is 0.101. The van der Waals surface area contributed by atoms with Crippen LogP contribution in [0.4, 0.5) is 5.13 Å². The number of amides is 1. The van der Waals surface area contributed by atoms with Crippen LogP contribution in [-0.2, 0) is 0 Å². The molecule has 0 aliphatic rings. The number of hydrogen-bond donors (Lipinski definition) is 1. The van der Waals surface area contributed by atoms with Crippen molar-refractivity contribution in [1.29, 1.82) is 0 Å². The third-order valence-electron chi connectivity index (χ3n) is 3.65. The van der Waals surface area contributed by atoms with E-state index in [1.807, 2.05) is 52.1 Å². The molecule has 0 atom stereocenters. The Morgan fingerprint density at radius 2 is 1.72 bits per heavy atom.